The lowest BCUT2D eigenvalue weighted by Crippen LogP contribution is -2.36. The fourth-order valence-corrected chi connectivity index (χ4v) is 3.34. The molecule has 0 saturated carbocycles. The molecule has 1 heterocycles. The second-order valence-electron chi connectivity index (χ2n) is 7.34. The highest BCUT2D eigenvalue weighted by Gasteiger charge is 2.35. The number of hydrogen-bond donors (Lipinski definition) is 1. The summed E-state index contributed by atoms with van der Waals surface area (Å²) in [5, 5.41) is 2.80. The highest BCUT2D eigenvalue weighted by atomic mass is 16.5. The van der Waals surface area contributed by atoms with Crippen molar-refractivity contribution < 1.29 is 23.9 Å². The van der Waals surface area contributed by atoms with Crippen molar-refractivity contribution in [1.82, 2.24) is 10.2 Å². The van der Waals surface area contributed by atoms with Crippen LogP contribution in [0.5, 0.6) is 0 Å². The highest BCUT2D eigenvalue weighted by Crippen LogP contribution is 2.24. The van der Waals surface area contributed by atoms with E-state index in [1.807, 2.05) is 37.3 Å². The van der Waals surface area contributed by atoms with Crippen molar-refractivity contribution in [2.45, 2.75) is 25.8 Å². The molecule has 0 spiro atoms. The van der Waals surface area contributed by atoms with Gasteiger partial charge in [0.25, 0.3) is 17.7 Å². The van der Waals surface area contributed by atoms with E-state index in [1.54, 1.807) is 0 Å². The van der Waals surface area contributed by atoms with Crippen LogP contribution in [0.4, 0.5) is 0 Å². The molecule has 7 nitrogen and oxygen atoms in total. The van der Waals surface area contributed by atoms with E-state index in [-0.39, 0.29) is 29.3 Å². The number of aryl methyl sites for hydroxylation is 1. The zero-order valence-corrected chi connectivity index (χ0v) is 17.3. The highest BCUT2D eigenvalue weighted by molar-refractivity contribution is 6.22. The van der Waals surface area contributed by atoms with E-state index < -0.39 is 30.3 Å². The summed E-state index contributed by atoms with van der Waals surface area (Å²) in [5.41, 5.74) is 1.66. The normalized spacial score (nSPS) is 13.5. The number of fused-ring (bicyclic) bond motifs is 1. The number of amides is 3. The Morgan fingerprint density at radius 1 is 1.10 bits per heavy atom. The fourth-order valence-electron chi connectivity index (χ4n) is 3.34. The first-order valence-electron chi connectivity index (χ1n) is 10.0. The molecule has 1 N–H and O–H groups in total. The molecule has 160 valence electrons. The predicted octanol–water partition coefficient (Wildman–Crippen LogP) is 2.76. The molecule has 0 fully saturated rings. The molecule has 0 aromatic heterocycles. The molecule has 0 bridgehead atoms. The lowest BCUT2D eigenvalue weighted by molar-refractivity contribution is -0.124. The molecule has 2 aromatic carbocycles. The standard InChI is InChI=1S/C24H24N2O5/c1-3-13-26-22(28)19-12-11-18(14-20(19)23(26)29)24(30)31-15-21(27)25-16(2)9-10-17-7-5-4-6-8-17/h3-8,11-12,14,16H,1,9-10,13,15H2,2H3,(H,25,27)/t16-/m1/s1. The maximum atomic E-state index is 12.4. The van der Waals surface area contributed by atoms with Crippen LogP contribution >= 0.6 is 0 Å². The van der Waals surface area contributed by atoms with Crippen molar-refractivity contribution in [3.05, 3.63) is 83.4 Å². The van der Waals surface area contributed by atoms with Crippen LogP contribution in [0.2, 0.25) is 0 Å². The van der Waals surface area contributed by atoms with Crippen molar-refractivity contribution >= 4 is 23.7 Å². The van der Waals surface area contributed by atoms with Gasteiger partial charge in [-0.15, -0.1) is 6.58 Å². The van der Waals surface area contributed by atoms with Crippen molar-refractivity contribution in [2.75, 3.05) is 13.2 Å². The topological polar surface area (TPSA) is 92.8 Å². The Hall–Kier alpha value is -3.74. The van der Waals surface area contributed by atoms with Crippen molar-refractivity contribution in [1.29, 1.82) is 0 Å². The van der Waals surface area contributed by atoms with Crippen molar-refractivity contribution in [2.24, 2.45) is 0 Å². The smallest absolute Gasteiger partial charge is 0.338 e. The zero-order valence-electron chi connectivity index (χ0n) is 17.3. The second kappa shape index (κ2) is 9.84. The average molecular weight is 420 g/mol. The SMILES string of the molecule is C=CCN1C(=O)c2ccc(C(=O)OCC(=O)N[C@H](C)CCc3ccccc3)cc2C1=O. The van der Waals surface area contributed by atoms with E-state index in [0.717, 1.165) is 17.7 Å². The summed E-state index contributed by atoms with van der Waals surface area (Å²) in [6, 6.07) is 14.0. The first kappa shape index (κ1) is 22.0. The third kappa shape index (κ3) is 5.25. The van der Waals surface area contributed by atoms with Gasteiger partial charge in [0.05, 0.1) is 16.7 Å². The predicted molar refractivity (Wildman–Crippen MR) is 115 cm³/mol. The first-order valence-corrected chi connectivity index (χ1v) is 10.0. The third-order valence-electron chi connectivity index (χ3n) is 4.97. The number of nitrogens with one attached hydrogen (secondary N) is 1. The molecule has 2 aromatic rings. The minimum absolute atomic E-state index is 0.0779. The molecule has 0 unspecified atom stereocenters. The van der Waals surface area contributed by atoms with E-state index in [4.69, 9.17) is 4.74 Å². The number of hydrogen-bond acceptors (Lipinski definition) is 5. The molecule has 1 aliphatic heterocycles. The minimum Gasteiger partial charge on any atom is -0.452 e. The van der Waals surface area contributed by atoms with Crippen LogP contribution in [0, 0.1) is 0 Å². The van der Waals surface area contributed by atoms with Crippen LogP contribution in [0.25, 0.3) is 0 Å². The fraction of sp³-hybridized carbons (Fsp3) is 0.250. The number of imide groups is 1. The Bertz CT molecular complexity index is 1020. The van der Waals surface area contributed by atoms with Gasteiger partial charge in [0.2, 0.25) is 0 Å². The van der Waals surface area contributed by atoms with Gasteiger partial charge in [-0.1, -0.05) is 36.4 Å². The van der Waals surface area contributed by atoms with Gasteiger partial charge >= 0.3 is 5.97 Å². The molecule has 31 heavy (non-hydrogen) atoms. The van der Waals surface area contributed by atoms with Crippen LogP contribution in [0.3, 0.4) is 0 Å². The minimum atomic E-state index is -0.739. The molecule has 1 atom stereocenters. The first-order chi connectivity index (χ1) is 14.9. The van der Waals surface area contributed by atoms with Gasteiger partial charge < -0.3 is 10.1 Å². The number of rotatable bonds is 9. The molecule has 0 aliphatic carbocycles. The number of nitrogens with zero attached hydrogens (tertiary/aromatic N) is 1. The summed E-state index contributed by atoms with van der Waals surface area (Å²) >= 11 is 0. The van der Waals surface area contributed by atoms with E-state index in [0.29, 0.717) is 0 Å². The summed E-state index contributed by atoms with van der Waals surface area (Å²) in [6.45, 7) is 5.08. The van der Waals surface area contributed by atoms with Crippen LogP contribution in [0.15, 0.2) is 61.2 Å². The molecule has 3 rings (SSSR count). The quantitative estimate of drug-likeness (QED) is 0.383. The van der Waals surface area contributed by atoms with Gasteiger partial charge in [0, 0.05) is 12.6 Å². The lowest BCUT2D eigenvalue weighted by atomic mass is 10.1. The Balaban J connectivity index is 1.51. The Labute approximate surface area is 180 Å². The second-order valence-corrected chi connectivity index (χ2v) is 7.34. The van der Waals surface area contributed by atoms with E-state index >= 15 is 0 Å². The van der Waals surface area contributed by atoms with Crippen molar-refractivity contribution in [3.8, 4) is 0 Å². The van der Waals surface area contributed by atoms with Crippen LogP contribution in [0.1, 0.15) is 50.0 Å². The van der Waals surface area contributed by atoms with Gasteiger partial charge in [0.15, 0.2) is 6.61 Å². The Morgan fingerprint density at radius 3 is 2.52 bits per heavy atom. The van der Waals surface area contributed by atoms with E-state index in [2.05, 4.69) is 11.9 Å². The number of ether oxygens (including phenoxy) is 1. The van der Waals surface area contributed by atoms with Gasteiger partial charge in [-0.3, -0.25) is 19.3 Å². The third-order valence-corrected chi connectivity index (χ3v) is 4.97. The molecular weight excluding hydrogens is 396 g/mol. The summed E-state index contributed by atoms with van der Waals surface area (Å²) in [7, 11) is 0. The summed E-state index contributed by atoms with van der Waals surface area (Å²) in [5.74, 6) is -2.06. The monoisotopic (exact) mass is 420 g/mol. The molecular formula is C24H24N2O5. The number of carbonyl (C=O) groups excluding carboxylic acids is 4. The van der Waals surface area contributed by atoms with Gasteiger partial charge in [-0.25, -0.2) is 4.79 Å². The van der Waals surface area contributed by atoms with Crippen LogP contribution in [-0.4, -0.2) is 47.8 Å². The summed E-state index contributed by atoms with van der Waals surface area (Å²) < 4.78 is 5.07. The Kier molecular flexibility index (Phi) is 6.97. The lowest BCUT2D eigenvalue weighted by Gasteiger charge is -2.14. The van der Waals surface area contributed by atoms with Crippen molar-refractivity contribution in [3.63, 3.8) is 0 Å². The largest absolute Gasteiger partial charge is 0.452 e. The molecule has 1 aliphatic rings. The molecule has 0 radical (unpaired) electrons. The maximum absolute atomic E-state index is 12.4. The number of benzene rings is 2. The Morgan fingerprint density at radius 2 is 1.81 bits per heavy atom. The maximum Gasteiger partial charge on any atom is 0.338 e. The van der Waals surface area contributed by atoms with Gasteiger partial charge in [0.1, 0.15) is 0 Å². The van der Waals surface area contributed by atoms with E-state index in [9.17, 15) is 19.2 Å². The molecule has 3 amide bonds. The molecule has 0 saturated heterocycles. The summed E-state index contributed by atoms with van der Waals surface area (Å²) in [4.78, 5) is 50.1. The van der Waals surface area contributed by atoms with Crippen LogP contribution in [-0.2, 0) is 16.0 Å². The van der Waals surface area contributed by atoms with Gasteiger partial charge in [-0.05, 0) is 43.5 Å². The van der Waals surface area contributed by atoms with E-state index in [1.165, 1.54) is 29.8 Å². The average Bonchev–Trinajstić information content (AvgIpc) is 3.01. The zero-order chi connectivity index (χ0) is 22.4. The molecule has 7 heteroatoms. The van der Waals surface area contributed by atoms with Gasteiger partial charge in [-0.2, -0.15) is 0 Å². The van der Waals surface area contributed by atoms with Crippen LogP contribution < -0.4 is 5.32 Å². The number of esters is 1. The number of carbonyl (C=O) groups is 4. The summed E-state index contributed by atoms with van der Waals surface area (Å²) in [6.07, 6.45) is 3.04.